The molecule has 3 rings (SSSR count). The van der Waals surface area contributed by atoms with Crippen LogP contribution in [-0.2, 0) is 13.2 Å². The summed E-state index contributed by atoms with van der Waals surface area (Å²) in [4.78, 5) is 0. The Bertz CT molecular complexity index is 853. The van der Waals surface area contributed by atoms with E-state index in [4.69, 9.17) is 10.00 Å². The highest BCUT2D eigenvalue weighted by Gasteiger charge is 2.07. The predicted octanol–water partition coefficient (Wildman–Crippen LogP) is 3.18. The summed E-state index contributed by atoms with van der Waals surface area (Å²) < 4.78 is 5.68. The van der Waals surface area contributed by atoms with Crippen LogP contribution in [0.25, 0.3) is 0 Å². The van der Waals surface area contributed by atoms with Gasteiger partial charge in [0.1, 0.15) is 35.6 Å². The molecule has 3 aromatic rings. The molecule has 0 aliphatic heterocycles. The van der Waals surface area contributed by atoms with Crippen molar-refractivity contribution in [3.8, 4) is 17.6 Å². The number of hydrogen-bond donors (Lipinski definition) is 3. The summed E-state index contributed by atoms with van der Waals surface area (Å²) in [6.07, 6.45) is 1.45. The van der Waals surface area contributed by atoms with Crippen molar-refractivity contribution in [2.24, 2.45) is 0 Å². The molecular weight excluding hydrogens is 304 g/mol. The van der Waals surface area contributed by atoms with Gasteiger partial charge in [-0.3, -0.25) is 5.10 Å². The summed E-state index contributed by atoms with van der Waals surface area (Å²) in [5, 5.41) is 28.6. The van der Waals surface area contributed by atoms with Crippen LogP contribution >= 0.6 is 0 Å². The molecule has 24 heavy (non-hydrogen) atoms. The van der Waals surface area contributed by atoms with E-state index in [1.807, 2.05) is 36.4 Å². The van der Waals surface area contributed by atoms with E-state index in [-0.39, 0.29) is 5.75 Å². The molecule has 120 valence electrons. The van der Waals surface area contributed by atoms with Gasteiger partial charge < -0.3 is 15.2 Å². The van der Waals surface area contributed by atoms with Crippen molar-refractivity contribution in [3.05, 3.63) is 71.4 Å². The van der Waals surface area contributed by atoms with Crippen LogP contribution < -0.4 is 10.1 Å². The molecule has 6 nitrogen and oxygen atoms in total. The molecule has 0 spiro atoms. The number of aromatic amines is 1. The molecule has 0 aliphatic carbocycles. The van der Waals surface area contributed by atoms with Crippen LogP contribution in [0, 0.1) is 11.3 Å². The first-order valence-corrected chi connectivity index (χ1v) is 7.42. The Labute approximate surface area is 139 Å². The molecular formula is C18H16N4O2. The van der Waals surface area contributed by atoms with Gasteiger partial charge in [-0.2, -0.15) is 10.4 Å². The highest BCUT2D eigenvalue weighted by atomic mass is 16.5. The van der Waals surface area contributed by atoms with Crippen LogP contribution in [-0.4, -0.2) is 15.3 Å². The molecule has 0 bridgehead atoms. The number of aromatic hydroxyl groups is 1. The highest BCUT2D eigenvalue weighted by molar-refractivity contribution is 5.51. The molecule has 0 aliphatic rings. The van der Waals surface area contributed by atoms with Gasteiger partial charge in [0.15, 0.2) is 0 Å². The number of benzene rings is 2. The normalized spacial score (nSPS) is 10.1. The number of rotatable bonds is 6. The largest absolute Gasteiger partial charge is 0.507 e. The highest BCUT2D eigenvalue weighted by Crippen LogP contribution is 2.25. The van der Waals surface area contributed by atoms with Gasteiger partial charge in [-0.15, -0.1) is 0 Å². The number of hydrogen-bond acceptors (Lipinski definition) is 5. The molecule has 0 unspecified atom stereocenters. The number of phenolic OH excluding ortho intramolecular Hbond substituents is 1. The third-order valence-corrected chi connectivity index (χ3v) is 3.52. The fraction of sp³-hybridized carbons (Fsp3) is 0.111. The van der Waals surface area contributed by atoms with Crippen molar-refractivity contribution in [2.45, 2.75) is 13.2 Å². The molecule has 0 fully saturated rings. The van der Waals surface area contributed by atoms with Crippen LogP contribution in [0.3, 0.4) is 0 Å². The Balaban J connectivity index is 1.61. The Hall–Kier alpha value is -3.46. The standard InChI is InChI=1S/C18H16N4O2/c19-9-15-11-21-22-18(15)20-10-14-6-7-16(8-17(14)23)24-12-13-4-2-1-3-5-13/h1-8,11,23H,10,12H2,(H2,20,21,22). The number of ether oxygens (including phenoxy) is 1. The topological polar surface area (TPSA) is 94.0 Å². The summed E-state index contributed by atoms with van der Waals surface area (Å²) in [5.74, 6) is 1.26. The quantitative estimate of drug-likeness (QED) is 0.648. The zero-order valence-corrected chi connectivity index (χ0v) is 12.9. The minimum absolute atomic E-state index is 0.131. The lowest BCUT2D eigenvalue weighted by molar-refractivity contribution is 0.304. The lowest BCUT2D eigenvalue weighted by Crippen LogP contribution is -2.02. The first-order chi connectivity index (χ1) is 11.8. The number of phenols is 1. The SMILES string of the molecule is N#Cc1cn[nH]c1NCc1ccc(OCc2ccccc2)cc1O. The molecule has 1 heterocycles. The van der Waals surface area contributed by atoms with Crippen molar-refractivity contribution in [1.82, 2.24) is 10.2 Å². The lowest BCUT2D eigenvalue weighted by atomic mass is 10.2. The monoisotopic (exact) mass is 320 g/mol. The van der Waals surface area contributed by atoms with Gasteiger partial charge >= 0.3 is 0 Å². The molecule has 3 N–H and O–H groups in total. The molecule has 0 radical (unpaired) electrons. The Morgan fingerprint density at radius 2 is 2.04 bits per heavy atom. The Morgan fingerprint density at radius 3 is 2.79 bits per heavy atom. The van der Waals surface area contributed by atoms with E-state index in [2.05, 4.69) is 15.5 Å². The molecule has 0 atom stereocenters. The van der Waals surface area contributed by atoms with Gasteiger partial charge in [0.05, 0.1) is 6.20 Å². The summed E-state index contributed by atoms with van der Waals surface area (Å²) in [5.41, 5.74) is 2.18. The summed E-state index contributed by atoms with van der Waals surface area (Å²) in [7, 11) is 0. The Kier molecular flexibility index (Phi) is 4.63. The molecule has 2 aromatic carbocycles. The van der Waals surface area contributed by atoms with E-state index in [0.717, 1.165) is 5.56 Å². The van der Waals surface area contributed by atoms with Crippen LogP contribution in [0.15, 0.2) is 54.7 Å². The average molecular weight is 320 g/mol. The molecule has 0 saturated heterocycles. The third-order valence-electron chi connectivity index (χ3n) is 3.52. The number of aromatic nitrogens is 2. The van der Waals surface area contributed by atoms with Gasteiger partial charge in [0.2, 0.25) is 0 Å². The smallest absolute Gasteiger partial charge is 0.139 e. The summed E-state index contributed by atoms with van der Waals surface area (Å²) >= 11 is 0. The maximum atomic E-state index is 10.1. The average Bonchev–Trinajstić information content (AvgIpc) is 3.07. The van der Waals surface area contributed by atoms with Crippen LogP contribution in [0.4, 0.5) is 5.82 Å². The van der Waals surface area contributed by atoms with E-state index >= 15 is 0 Å². The number of nitrogens with zero attached hydrogens (tertiary/aromatic N) is 2. The van der Waals surface area contributed by atoms with E-state index in [9.17, 15) is 5.11 Å². The van der Waals surface area contributed by atoms with Crippen LogP contribution in [0.1, 0.15) is 16.7 Å². The Morgan fingerprint density at radius 1 is 1.21 bits per heavy atom. The van der Waals surface area contributed by atoms with E-state index in [1.54, 1.807) is 18.2 Å². The van der Waals surface area contributed by atoms with Crippen LogP contribution in [0.2, 0.25) is 0 Å². The van der Waals surface area contributed by atoms with Gasteiger partial charge in [-0.1, -0.05) is 30.3 Å². The first-order valence-electron chi connectivity index (χ1n) is 7.42. The maximum Gasteiger partial charge on any atom is 0.139 e. The fourth-order valence-corrected chi connectivity index (χ4v) is 2.21. The fourth-order valence-electron chi connectivity index (χ4n) is 2.21. The number of nitrogens with one attached hydrogen (secondary N) is 2. The number of anilines is 1. The third kappa shape index (κ3) is 3.65. The second kappa shape index (κ2) is 7.20. The van der Waals surface area contributed by atoms with Gasteiger partial charge in [-0.25, -0.2) is 0 Å². The summed E-state index contributed by atoms with van der Waals surface area (Å²) in [6.45, 7) is 0.805. The van der Waals surface area contributed by atoms with E-state index < -0.39 is 0 Å². The molecule has 6 heteroatoms. The van der Waals surface area contributed by atoms with Gasteiger partial charge in [-0.05, 0) is 17.7 Å². The van der Waals surface area contributed by atoms with E-state index in [1.165, 1.54) is 6.20 Å². The molecule has 0 saturated carbocycles. The molecule has 1 aromatic heterocycles. The second-order valence-corrected chi connectivity index (χ2v) is 5.19. The van der Waals surface area contributed by atoms with Crippen LogP contribution in [0.5, 0.6) is 11.5 Å². The maximum absolute atomic E-state index is 10.1. The lowest BCUT2D eigenvalue weighted by Gasteiger charge is -2.10. The molecule has 0 amide bonds. The number of H-pyrrole nitrogens is 1. The minimum atomic E-state index is 0.131. The zero-order valence-electron chi connectivity index (χ0n) is 12.9. The van der Waals surface area contributed by atoms with Crippen molar-refractivity contribution < 1.29 is 9.84 Å². The minimum Gasteiger partial charge on any atom is -0.507 e. The van der Waals surface area contributed by atoms with Crippen molar-refractivity contribution in [2.75, 3.05) is 5.32 Å². The predicted molar refractivity (Wildman–Crippen MR) is 89.5 cm³/mol. The van der Waals surface area contributed by atoms with Crippen molar-refractivity contribution in [1.29, 1.82) is 5.26 Å². The zero-order chi connectivity index (χ0) is 16.8. The van der Waals surface area contributed by atoms with Gasteiger partial charge in [0, 0.05) is 18.2 Å². The summed E-state index contributed by atoms with van der Waals surface area (Å²) in [6, 6.07) is 17.0. The van der Waals surface area contributed by atoms with E-state index in [0.29, 0.717) is 35.8 Å². The number of nitriles is 1. The first kappa shape index (κ1) is 15.4. The van der Waals surface area contributed by atoms with Crippen molar-refractivity contribution >= 4 is 5.82 Å². The van der Waals surface area contributed by atoms with Crippen molar-refractivity contribution in [3.63, 3.8) is 0 Å². The van der Waals surface area contributed by atoms with Gasteiger partial charge in [0.25, 0.3) is 0 Å². The second-order valence-electron chi connectivity index (χ2n) is 5.19.